The van der Waals surface area contributed by atoms with Crippen LogP contribution in [-0.2, 0) is 9.59 Å². The molecule has 1 fully saturated rings. The van der Waals surface area contributed by atoms with Crippen LogP contribution >= 0.6 is 11.6 Å². The molecule has 1 N–H and O–H groups in total. The van der Waals surface area contributed by atoms with E-state index in [1.807, 2.05) is 20.8 Å². The van der Waals surface area contributed by atoms with Gasteiger partial charge in [0, 0.05) is 12.1 Å². The van der Waals surface area contributed by atoms with Crippen LogP contribution in [0.5, 0.6) is 0 Å². The average molecular weight is 273 g/mol. The molecule has 4 nitrogen and oxygen atoms in total. The van der Waals surface area contributed by atoms with Crippen molar-refractivity contribution < 1.29 is 9.59 Å². The maximum Gasteiger partial charge on any atom is 0.246 e. The SMILES string of the molecule is CCC(C)C1NC(=O)C(C)N(CC(C)=CCl)C1=O. The van der Waals surface area contributed by atoms with Crippen molar-refractivity contribution in [2.75, 3.05) is 6.54 Å². The van der Waals surface area contributed by atoms with Crippen molar-refractivity contribution in [3.05, 3.63) is 11.1 Å². The number of nitrogens with zero attached hydrogens (tertiary/aromatic N) is 1. The summed E-state index contributed by atoms with van der Waals surface area (Å²) < 4.78 is 0. The number of amides is 2. The Morgan fingerprint density at radius 3 is 2.67 bits per heavy atom. The van der Waals surface area contributed by atoms with Crippen molar-refractivity contribution in [3.63, 3.8) is 0 Å². The number of carbonyl (C=O) groups excluding carboxylic acids is 2. The Kier molecular flexibility index (Phi) is 5.20. The monoisotopic (exact) mass is 272 g/mol. The minimum absolute atomic E-state index is 0.0192. The minimum atomic E-state index is -0.440. The summed E-state index contributed by atoms with van der Waals surface area (Å²) in [6.07, 6.45) is 0.850. The molecule has 0 aromatic heterocycles. The van der Waals surface area contributed by atoms with Gasteiger partial charge in [0.05, 0.1) is 0 Å². The summed E-state index contributed by atoms with van der Waals surface area (Å²) >= 11 is 5.63. The maximum atomic E-state index is 12.4. The highest BCUT2D eigenvalue weighted by atomic mass is 35.5. The molecular formula is C13H21ClN2O2. The fourth-order valence-corrected chi connectivity index (χ4v) is 2.06. The normalized spacial score (nSPS) is 27.2. The summed E-state index contributed by atoms with van der Waals surface area (Å²) in [5, 5.41) is 2.81. The molecule has 1 rings (SSSR count). The highest BCUT2D eigenvalue weighted by Gasteiger charge is 2.39. The average Bonchev–Trinajstić information content (AvgIpc) is 2.37. The van der Waals surface area contributed by atoms with Gasteiger partial charge in [-0.25, -0.2) is 0 Å². The Labute approximate surface area is 113 Å². The van der Waals surface area contributed by atoms with Gasteiger partial charge < -0.3 is 10.2 Å². The van der Waals surface area contributed by atoms with E-state index in [2.05, 4.69) is 5.32 Å². The molecule has 3 unspecified atom stereocenters. The first-order chi connectivity index (χ1) is 8.42. The number of nitrogens with one attached hydrogen (secondary N) is 1. The summed E-state index contributed by atoms with van der Waals surface area (Å²) in [5.74, 6) is 0.0216. The van der Waals surface area contributed by atoms with E-state index >= 15 is 0 Å². The Balaban J connectivity index is 2.92. The zero-order valence-electron chi connectivity index (χ0n) is 11.4. The predicted octanol–water partition coefficient (Wildman–Crippen LogP) is 1.89. The molecule has 1 saturated heterocycles. The van der Waals surface area contributed by atoms with Gasteiger partial charge in [-0.15, -0.1) is 0 Å². The van der Waals surface area contributed by atoms with Gasteiger partial charge in [0.15, 0.2) is 0 Å². The Morgan fingerprint density at radius 2 is 2.17 bits per heavy atom. The predicted molar refractivity (Wildman–Crippen MR) is 72.2 cm³/mol. The number of carbonyl (C=O) groups is 2. The molecule has 1 heterocycles. The van der Waals surface area contributed by atoms with Gasteiger partial charge in [-0.1, -0.05) is 31.9 Å². The summed E-state index contributed by atoms with van der Waals surface area (Å²) in [7, 11) is 0. The second-order valence-electron chi connectivity index (χ2n) is 4.97. The fraction of sp³-hybridized carbons (Fsp3) is 0.692. The lowest BCUT2D eigenvalue weighted by atomic mass is 9.94. The van der Waals surface area contributed by atoms with Crippen molar-refractivity contribution in [3.8, 4) is 0 Å². The highest BCUT2D eigenvalue weighted by molar-refractivity contribution is 6.25. The number of hydrogen-bond acceptors (Lipinski definition) is 2. The standard InChI is InChI=1S/C13H21ClN2O2/c1-5-9(3)11-13(18)16(7-8(2)6-14)10(4)12(17)15-11/h6,9-11H,5,7H2,1-4H3,(H,15,17). The molecule has 0 saturated carbocycles. The van der Waals surface area contributed by atoms with Crippen molar-refractivity contribution in [2.24, 2.45) is 5.92 Å². The van der Waals surface area contributed by atoms with E-state index in [4.69, 9.17) is 11.6 Å². The van der Waals surface area contributed by atoms with E-state index in [0.717, 1.165) is 12.0 Å². The van der Waals surface area contributed by atoms with Crippen LogP contribution in [0.25, 0.3) is 0 Å². The minimum Gasteiger partial charge on any atom is -0.342 e. The lowest BCUT2D eigenvalue weighted by molar-refractivity contribution is -0.149. The third kappa shape index (κ3) is 3.05. The first-order valence-corrected chi connectivity index (χ1v) is 6.72. The molecule has 1 aliphatic rings. The van der Waals surface area contributed by atoms with Gasteiger partial charge >= 0.3 is 0 Å². The van der Waals surface area contributed by atoms with Gasteiger partial charge in [0.2, 0.25) is 11.8 Å². The first-order valence-electron chi connectivity index (χ1n) is 6.29. The van der Waals surface area contributed by atoms with Gasteiger partial charge in [-0.2, -0.15) is 0 Å². The highest BCUT2D eigenvalue weighted by Crippen LogP contribution is 2.18. The molecule has 5 heteroatoms. The van der Waals surface area contributed by atoms with Gasteiger partial charge in [0.25, 0.3) is 0 Å². The van der Waals surface area contributed by atoms with Crippen LogP contribution in [0.15, 0.2) is 11.1 Å². The quantitative estimate of drug-likeness (QED) is 0.850. The Hall–Kier alpha value is -1.03. The Bertz CT molecular complexity index is 368. The summed E-state index contributed by atoms with van der Waals surface area (Å²) in [4.78, 5) is 25.9. The van der Waals surface area contributed by atoms with E-state index in [9.17, 15) is 9.59 Å². The molecule has 0 aliphatic carbocycles. The molecule has 18 heavy (non-hydrogen) atoms. The van der Waals surface area contributed by atoms with Crippen molar-refractivity contribution in [1.82, 2.24) is 10.2 Å². The van der Waals surface area contributed by atoms with Crippen LogP contribution in [0.1, 0.15) is 34.1 Å². The molecule has 2 amide bonds. The fourth-order valence-electron chi connectivity index (χ4n) is 1.99. The van der Waals surface area contributed by atoms with Crippen molar-refractivity contribution in [2.45, 2.75) is 46.2 Å². The van der Waals surface area contributed by atoms with Crippen LogP contribution in [0.2, 0.25) is 0 Å². The molecule has 0 radical (unpaired) electrons. The van der Waals surface area contributed by atoms with Gasteiger partial charge in [-0.3, -0.25) is 9.59 Å². The van der Waals surface area contributed by atoms with E-state index in [1.54, 1.807) is 11.8 Å². The van der Waals surface area contributed by atoms with Crippen LogP contribution in [0.3, 0.4) is 0 Å². The summed E-state index contributed by atoms with van der Waals surface area (Å²) in [6, 6.07) is -0.855. The summed E-state index contributed by atoms with van der Waals surface area (Å²) in [5.41, 5.74) is 2.32. The number of halogens is 1. The molecule has 3 atom stereocenters. The third-order valence-corrected chi connectivity index (χ3v) is 3.89. The molecule has 0 spiro atoms. The zero-order valence-corrected chi connectivity index (χ0v) is 12.1. The van der Waals surface area contributed by atoms with Crippen molar-refractivity contribution in [1.29, 1.82) is 0 Å². The lowest BCUT2D eigenvalue weighted by Gasteiger charge is -2.39. The molecule has 1 aliphatic heterocycles. The van der Waals surface area contributed by atoms with Crippen LogP contribution in [0.4, 0.5) is 0 Å². The second-order valence-corrected chi connectivity index (χ2v) is 5.19. The number of piperazine rings is 1. The smallest absolute Gasteiger partial charge is 0.246 e. The van der Waals surface area contributed by atoms with Crippen LogP contribution in [0, 0.1) is 5.92 Å². The Morgan fingerprint density at radius 1 is 1.56 bits per heavy atom. The maximum absolute atomic E-state index is 12.4. The molecule has 102 valence electrons. The summed E-state index contributed by atoms with van der Waals surface area (Å²) in [6.45, 7) is 7.97. The topological polar surface area (TPSA) is 49.4 Å². The molecule has 0 aromatic rings. The van der Waals surface area contributed by atoms with Gasteiger partial charge in [0.1, 0.15) is 12.1 Å². The van der Waals surface area contributed by atoms with E-state index < -0.39 is 12.1 Å². The zero-order chi connectivity index (χ0) is 13.9. The van der Waals surface area contributed by atoms with E-state index in [-0.39, 0.29) is 17.7 Å². The first kappa shape index (κ1) is 15.0. The number of rotatable bonds is 4. The number of hydrogen-bond donors (Lipinski definition) is 1. The van der Waals surface area contributed by atoms with Crippen LogP contribution < -0.4 is 5.32 Å². The van der Waals surface area contributed by atoms with Gasteiger partial charge in [-0.05, 0) is 25.3 Å². The molecular weight excluding hydrogens is 252 g/mol. The van der Waals surface area contributed by atoms with E-state index in [0.29, 0.717) is 6.54 Å². The second kappa shape index (κ2) is 6.23. The molecule has 0 bridgehead atoms. The third-order valence-electron chi connectivity index (χ3n) is 3.51. The van der Waals surface area contributed by atoms with Crippen LogP contribution in [-0.4, -0.2) is 35.3 Å². The lowest BCUT2D eigenvalue weighted by Crippen LogP contribution is -2.64. The van der Waals surface area contributed by atoms with E-state index in [1.165, 1.54) is 5.54 Å². The largest absolute Gasteiger partial charge is 0.342 e. The molecule has 0 aromatic carbocycles. The van der Waals surface area contributed by atoms with Crippen molar-refractivity contribution >= 4 is 23.4 Å².